The maximum Gasteiger partial charge on any atom is 0.235 e. The van der Waals surface area contributed by atoms with Crippen molar-refractivity contribution in [3.8, 4) is 29.0 Å². The summed E-state index contributed by atoms with van der Waals surface area (Å²) in [5.41, 5.74) is 1.91. The van der Waals surface area contributed by atoms with E-state index in [2.05, 4.69) is 16.0 Å². The number of piperazine rings is 1. The van der Waals surface area contributed by atoms with Crippen LogP contribution in [-0.4, -0.2) is 45.4 Å². The number of hydrogen-bond donors (Lipinski definition) is 0. The van der Waals surface area contributed by atoms with E-state index in [0.29, 0.717) is 41.9 Å². The van der Waals surface area contributed by atoms with Crippen LogP contribution in [0.2, 0.25) is 0 Å². The van der Waals surface area contributed by atoms with Crippen LogP contribution in [0, 0.1) is 17.1 Å². The van der Waals surface area contributed by atoms with E-state index in [0.717, 1.165) is 18.8 Å². The molecule has 8 heteroatoms. The van der Waals surface area contributed by atoms with Crippen LogP contribution in [0.5, 0.6) is 11.5 Å². The minimum Gasteiger partial charge on any atom is -0.493 e. The van der Waals surface area contributed by atoms with Gasteiger partial charge in [0, 0.05) is 37.4 Å². The third-order valence-electron chi connectivity index (χ3n) is 5.10. The highest BCUT2D eigenvalue weighted by atomic mass is 19.1. The van der Waals surface area contributed by atoms with Crippen LogP contribution in [0.4, 0.5) is 16.0 Å². The van der Waals surface area contributed by atoms with Gasteiger partial charge in [0.05, 0.1) is 14.2 Å². The summed E-state index contributed by atoms with van der Waals surface area (Å²) < 4.78 is 29.8. The lowest BCUT2D eigenvalue weighted by Crippen LogP contribution is -2.46. The maximum absolute atomic E-state index is 13.2. The van der Waals surface area contributed by atoms with Crippen LogP contribution in [0.15, 0.2) is 46.9 Å². The molecule has 0 aliphatic carbocycles. The van der Waals surface area contributed by atoms with Gasteiger partial charge in [0.1, 0.15) is 11.9 Å². The van der Waals surface area contributed by atoms with Gasteiger partial charge >= 0.3 is 0 Å². The van der Waals surface area contributed by atoms with Gasteiger partial charge in [-0.25, -0.2) is 4.39 Å². The molecule has 0 N–H and O–H groups in total. The van der Waals surface area contributed by atoms with E-state index in [1.165, 1.54) is 12.1 Å². The van der Waals surface area contributed by atoms with E-state index in [1.807, 2.05) is 11.0 Å². The Morgan fingerprint density at radius 1 is 0.967 bits per heavy atom. The Morgan fingerprint density at radius 2 is 1.63 bits per heavy atom. The number of nitriles is 1. The molecule has 0 spiro atoms. The smallest absolute Gasteiger partial charge is 0.235 e. The van der Waals surface area contributed by atoms with E-state index in [4.69, 9.17) is 13.9 Å². The molecule has 1 saturated heterocycles. The minimum atomic E-state index is -0.250. The lowest BCUT2D eigenvalue weighted by molar-refractivity contribution is 0.355. The SMILES string of the molecule is COc1ccc(-c2nc(C#N)c(N3CCN(c4ccc(F)cc4)CC3)o2)cc1OC. The van der Waals surface area contributed by atoms with Gasteiger partial charge in [-0.15, -0.1) is 0 Å². The minimum absolute atomic E-state index is 0.245. The number of oxazole rings is 1. The number of ether oxygens (including phenoxy) is 2. The van der Waals surface area contributed by atoms with Crippen LogP contribution in [-0.2, 0) is 0 Å². The number of anilines is 2. The average Bonchev–Trinajstić information content (AvgIpc) is 3.24. The van der Waals surface area contributed by atoms with Crippen molar-refractivity contribution in [3.05, 3.63) is 54.0 Å². The predicted molar refractivity (Wildman–Crippen MR) is 111 cm³/mol. The molecular formula is C22H21FN4O3. The first-order chi connectivity index (χ1) is 14.6. The van der Waals surface area contributed by atoms with Crippen LogP contribution >= 0.6 is 0 Å². The number of rotatable bonds is 5. The molecule has 1 fully saturated rings. The van der Waals surface area contributed by atoms with Gasteiger partial charge < -0.3 is 23.7 Å². The summed E-state index contributed by atoms with van der Waals surface area (Å²) in [6, 6.07) is 13.9. The monoisotopic (exact) mass is 408 g/mol. The summed E-state index contributed by atoms with van der Waals surface area (Å²) in [7, 11) is 3.13. The third-order valence-corrected chi connectivity index (χ3v) is 5.10. The standard InChI is InChI=1S/C22H21FN4O3/c1-28-19-8-3-15(13-20(19)29-2)21-25-18(14-24)22(30-21)27-11-9-26(10-12-27)17-6-4-16(23)5-7-17/h3-8,13H,9-12H2,1-2H3. The van der Waals surface area contributed by atoms with Crippen LogP contribution in [0.3, 0.4) is 0 Å². The Morgan fingerprint density at radius 3 is 2.27 bits per heavy atom. The molecular weight excluding hydrogens is 387 g/mol. The first-order valence-electron chi connectivity index (χ1n) is 9.51. The fraction of sp³-hybridized carbons (Fsp3) is 0.273. The van der Waals surface area contributed by atoms with Gasteiger partial charge in [-0.1, -0.05) is 0 Å². The zero-order valence-corrected chi connectivity index (χ0v) is 16.8. The second-order valence-electron chi connectivity index (χ2n) is 6.80. The van der Waals surface area contributed by atoms with Gasteiger partial charge in [0.25, 0.3) is 0 Å². The normalized spacial score (nSPS) is 13.8. The van der Waals surface area contributed by atoms with Crippen molar-refractivity contribution in [1.82, 2.24) is 4.98 Å². The van der Waals surface area contributed by atoms with E-state index in [-0.39, 0.29) is 11.5 Å². The summed E-state index contributed by atoms with van der Waals surface area (Å²) >= 11 is 0. The molecule has 154 valence electrons. The molecule has 0 unspecified atom stereocenters. The lowest BCUT2D eigenvalue weighted by Gasteiger charge is -2.35. The first-order valence-corrected chi connectivity index (χ1v) is 9.51. The summed E-state index contributed by atoms with van der Waals surface area (Å²) in [4.78, 5) is 8.55. The molecule has 30 heavy (non-hydrogen) atoms. The highest BCUT2D eigenvalue weighted by molar-refractivity contribution is 5.63. The van der Waals surface area contributed by atoms with Crippen molar-refractivity contribution in [2.75, 3.05) is 50.2 Å². The van der Waals surface area contributed by atoms with Gasteiger partial charge in [-0.05, 0) is 42.5 Å². The number of nitrogens with zero attached hydrogens (tertiary/aromatic N) is 4. The highest BCUT2D eigenvalue weighted by Crippen LogP contribution is 2.34. The van der Waals surface area contributed by atoms with Crippen molar-refractivity contribution >= 4 is 11.6 Å². The van der Waals surface area contributed by atoms with Crippen molar-refractivity contribution in [2.45, 2.75) is 0 Å². The summed E-state index contributed by atoms with van der Waals surface area (Å²) in [6.07, 6.45) is 0. The Labute approximate surface area is 173 Å². The Balaban J connectivity index is 1.54. The van der Waals surface area contributed by atoms with Crippen molar-refractivity contribution < 1.29 is 18.3 Å². The van der Waals surface area contributed by atoms with E-state index in [9.17, 15) is 9.65 Å². The molecule has 1 aliphatic heterocycles. The largest absolute Gasteiger partial charge is 0.493 e. The second kappa shape index (κ2) is 8.33. The second-order valence-corrected chi connectivity index (χ2v) is 6.80. The van der Waals surface area contributed by atoms with Gasteiger partial charge in [0.15, 0.2) is 11.5 Å². The van der Waals surface area contributed by atoms with E-state index in [1.54, 1.807) is 38.5 Å². The summed E-state index contributed by atoms with van der Waals surface area (Å²) in [5.74, 6) is 1.72. The number of methoxy groups -OCH3 is 2. The summed E-state index contributed by atoms with van der Waals surface area (Å²) in [5, 5.41) is 9.56. The van der Waals surface area contributed by atoms with Crippen LogP contribution in [0.1, 0.15) is 5.69 Å². The maximum atomic E-state index is 13.2. The van der Waals surface area contributed by atoms with E-state index < -0.39 is 0 Å². The molecule has 0 amide bonds. The molecule has 0 radical (unpaired) electrons. The molecule has 2 heterocycles. The molecule has 0 saturated carbocycles. The first kappa shape index (κ1) is 19.6. The molecule has 2 aromatic carbocycles. The third kappa shape index (κ3) is 3.74. The molecule has 4 rings (SSSR count). The number of hydrogen-bond acceptors (Lipinski definition) is 7. The Bertz CT molecular complexity index is 1070. The number of aromatic nitrogens is 1. The number of halogens is 1. The van der Waals surface area contributed by atoms with E-state index >= 15 is 0 Å². The van der Waals surface area contributed by atoms with Gasteiger partial charge in [-0.3, -0.25) is 0 Å². The quantitative estimate of drug-likeness (QED) is 0.637. The lowest BCUT2D eigenvalue weighted by atomic mass is 10.2. The zero-order valence-electron chi connectivity index (χ0n) is 16.8. The van der Waals surface area contributed by atoms with Crippen molar-refractivity contribution in [2.24, 2.45) is 0 Å². The Kier molecular flexibility index (Phi) is 5.44. The number of benzene rings is 2. The fourth-order valence-electron chi connectivity index (χ4n) is 3.51. The average molecular weight is 408 g/mol. The predicted octanol–water partition coefficient (Wildman–Crippen LogP) is 3.70. The van der Waals surface area contributed by atoms with Gasteiger partial charge in [-0.2, -0.15) is 10.2 Å². The highest BCUT2D eigenvalue weighted by Gasteiger charge is 2.25. The molecule has 0 atom stereocenters. The molecule has 3 aromatic rings. The molecule has 0 bridgehead atoms. The molecule has 1 aromatic heterocycles. The summed E-state index contributed by atoms with van der Waals surface area (Å²) in [6.45, 7) is 2.77. The fourth-order valence-corrected chi connectivity index (χ4v) is 3.51. The zero-order chi connectivity index (χ0) is 21.1. The van der Waals surface area contributed by atoms with Crippen LogP contribution < -0.4 is 19.3 Å². The molecule has 1 aliphatic rings. The topological polar surface area (TPSA) is 74.8 Å². The van der Waals surface area contributed by atoms with Crippen molar-refractivity contribution in [3.63, 3.8) is 0 Å². The molecule has 7 nitrogen and oxygen atoms in total. The van der Waals surface area contributed by atoms with Gasteiger partial charge in [0.2, 0.25) is 17.5 Å². The van der Waals surface area contributed by atoms with Crippen LogP contribution in [0.25, 0.3) is 11.5 Å². The van der Waals surface area contributed by atoms with Crippen molar-refractivity contribution in [1.29, 1.82) is 5.26 Å². The Hall–Kier alpha value is -3.73.